The fourth-order valence-corrected chi connectivity index (χ4v) is 2.15. The van der Waals surface area contributed by atoms with Crippen molar-refractivity contribution >= 4 is 42.8 Å². The molecule has 2 nitrogen and oxygen atoms in total. The molecule has 1 aromatic heterocycles. The molecule has 1 heterocycles. The molecule has 0 saturated heterocycles. The summed E-state index contributed by atoms with van der Waals surface area (Å²) in [5.41, 5.74) is 2.14. The van der Waals surface area contributed by atoms with Crippen LogP contribution in [-0.2, 0) is 0 Å². The first kappa shape index (κ1) is 9.84. The summed E-state index contributed by atoms with van der Waals surface area (Å²) in [4.78, 5) is 2.06. The number of hydrogen-bond acceptors (Lipinski definition) is 2. The molecule has 0 aliphatic carbocycles. The number of benzene rings is 1. The Bertz CT molecular complexity index is 420. The predicted molar refractivity (Wildman–Crippen MR) is 62.0 cm³/mol. The topological polar surface area (TPSA) is 25.8 Å². The van der Waals surface area contributed by atoms with Gasteiger partial charge >= 0.3 is 96.9 Å². The average Bonchev–Trinajstić information content (AvgIpc) is 2.70. The van der Waals surface area contributed by atoms with E-state index in [-0.39, 0.29) is 14.7 Å². The van der Waals surface area contributed by atoms with Crippen molar-refractivity contribution in [2.45, 2.75) is 0 Å². The van der Waals surface area contributed by atoms with Crippen molar-refractivity contribution in [2.75, 3.05) is 0 Å². The zero-order chi connectivity index (χ0) is 9.80. The van der Waals surface area contributed by atoms with Crippen LogP contribution in [0.2, 0.25) is 0 Å². The Morgan fingerprint density at radius 1 is 1.14 bits per heavy atom. The summed E-state index contributed by atoms with van der Waals surface area (Å²) in [6.45, 7) is 0. The van der Waals surface area contributed by atoms with Gasteiger partial charge in [0, 0.05) is 0 Å². The molecule has 0 spiro atoms. The van der Waals surface area contributed by atoms with Gasteiger partial charge < -0.3 is 0 Å². The molecule has 0 saturated carbocycles. The van der Waals surface area contributed by atoms with Crippen LogP contribution in [0.1, 0.15) is 11.3 Å². The molecule has 14 heavy (non-hydrogen) atoms. The van der Waals surface area contributed by atoms with Crippen LogP contribution in [-0.4, -0.2) is 23.9 Å². The van der Waals surface area contributed by atoms with Crippen LogP contribution in [0.5, 0.6) is 0 Å². The average molecular weight is 314 g/mol. The van der Waals surface area contributed by atoms with Gasteiger partial charge in [-0.25, -0.2) is 0 Å². The summed E-state index contributed by atoms with van der Waals surface area (Å²) in [6.07, 6.45) is 4.03. The molecule has 70 valence electrons. The Balaban J connectivity index is 2.15. The monoisotopic (exact) mass is 314 g/mol. The Morgan fingerprint density at radius 3 is 2.57 bits per heavy atom. The molecule has 2 aromatic rings. The number of nitrogens with zero attached hydrogens (tertiary/aromatic N) is 2. The second kappa shape index (κ2) is 4.69. The summed E-state index contributed by atoms with van der Waals surface area (Å²) >= 11 is 3.62. The fraction of sp³-hybridized carbons (Fsp3) is 0. The van der Waals surface area contributed by atoms with E-state index in [9.17, 15) is 0 Å². The van der Waals surface area contributed by atoms with Gasteiger partial charge in [-0.15, -0.1) is 0 Å². The van der Waals surface area contributed by atoms with Crippen molar-refractivity contribution < 1.29 is 0 Å². The van der Waals surface area contributed by atoms with E-state index in [0.717, 1.165) is 10.2 Å². The minimum absolute atomic E-state index is 0.222. The van der Waals surface area contributed by atoms with Crippen molar-refractivity contribution in [2.24, 2.45) is 0 Å². The van der Waals surface area contributed by atoms with E-state index in [2.05, 4.69) is 42.2 Å². The van der Waals surface area contributed by atoms with Crippen LogP contribution in [0.3, 0.4) is 0 Å². The van der Waals surface area contributed by atoms with Crippen LogP contribution in [0, 0.1) is 0 Å². The Labute approximate surface area is 96.8 Å². The van der Waals surface area contributed by atoms with Gasteiger partial charge in [-0.3, -0.25) is 0 Å². The second-order valence-corrected chi connectivity index (χ2v) is 4.91. The molecule has 0 bridgehead atoms. The third-order valence-corrected chi connectivity index (χ3v) is 3.32. The van der Waals surface area contributed by atoms with E-state index >= 15 is 0 Å². The maximum absolute atomic E-state index is 3.99. The first-order valence-corrected chi connectivity index (χ1v) is 6.60. The van der Waals surface area contributed by atoms with Crippen molar-refractivity contribution in [3.8, 4) is 0 Å². The fourth-order valence-electron chi connectivity index (χ4n) is 1.000. The van der Waals surface area contributed by atoms with Crippen molar-refractivity contribution in [3.05, 3.63) is 44.9 Å². The van der Waals surface area contributed by atoms with E-state index in [1.165, 1.54) is 5.56 Å². The predicted octanol–water partition coefficient (Wildman–Crippen LogP) is 2.47. The molecule has 0 N–H and O–H groups in total. The zero-order valence-electron chi connectivity index (χ0n) is 7.22. The molecule has 0 atom stereocenters. The third kappa shape index (κ3) is 2.64. The van der Waals surface area contributed by atoms with Gasteiger partial charge in [-0.05, 0) is 0 Å². The Kier molecular flexibility index (Phi) is 3.30. The summed E-state index contributed by atoms with van der Waals surface area (Å²) in [6, 6.07) is 8.15. The van der Waals surface area contributed by atoms with E-state index < -0.39 is 0 Å². The molecular weight excluding hydrogens is 307 g/mol. The van der Waals surface area contributed by atoms with Gasteiger partial charge in [-0.1, -0.05) is 0 Å². The zero-order valence-corrected chi connectivity index (χ0v) is 10.5. The van der Waals surface area contributed by atoms with Crippen LogP contribution in [0.25, 0.3) is 12.2 Å². The quantitative estimate of drug-likeness (QED) is 0.796. The van der Waals surface area contributed by atoms with Gasteiger partial charge in [0.25, 0.3) is 0 Å². The van der Waals surface area contributed by atoms with Gasteiger partial charge in [0.05, 0.1) is 0 Å². The standard InChI is InChI=1S/C10H7BrN2Se/c11-9-4-1-8(2-5-9)3-6-10-7-14-13-12-10/h1-7H/b6-3+. The summed E-state index contributed by atoms with van der Waals surface area (Å²) < 4.78 is 5.02. The van der Waals surface area contributed by atoms with Crippen molar-refractivity contribution in [1.29, 1.82) is 0 Å². The second-order valence-electron chi connectivity index (χ2n) is 2.71. The number of halogens is 1. The Hall–Kier alpha value is -0.701. The summed E-state index contributed by atoms with van der Waals surface area (Å²) in [7, 11) is 0. The molecule has 0 fully saturated rings. The van der Waals surface area contributed by atoms with E-state index in [1.54, 1.807) is 0 Å². The maximum atomic E-state index is 3.99. The van der Waals surface area contributed by atoms with E-state index in [4.69, 9.17) is 0 Å². The van der Waals surface area contributed by atoms with E-state index in [1.807, 2.05) is 24.3 Å². The van der Waals surface area contributed by atoms with Gasteiger partial charge in [-0.2, -0.15) is 0 Å². The molecule has 0 aliphatic rings. The van der Waals surface area contributed by atoms with Gasteiger partial charge in [0.15, 0.2) is 0 Å². The normalized spacial score (nSPS) is 10.9. The molecule has 1 aromatic carbocycles. The van der Waals surface area contributed by atoms with Gasteiger partial charge in [0.1, 0.15) is 0 Å². The SMILES string of the molecule is Brc1ccc(/C=C/c2c[se]nn2)cc1. The number of aromatic nitrogens is 2. The van der Waals surface area contributed by atoms with Crippen LogP contribution in [0.15, 0.2) is 33.7 Å². The summed E-state index contributed by atoms with van der Waals surface area (Å²) in [5.74, 6) is 0. The number of hydrogen-bond donors (Lipinski definition) is 0. The molecule has 4 heteroatoms. The first-order chi connectivity index (χ1) is 6.84. The molecule has 0 amide bonds. The van der Waals surface area contributed by atoms with E-state index in [0.29, 0.717) is 0 Å². The van der Waals surface area contributed by atoms with Crippen LogP contribution >= 0.6 is 15.9 Å². The van der Waals surface area contributed by atoms with Crippen LogP contribution in [0.4, 0.5) is 0 Å². The molecule has 2 rings (SSSR count). The first-order valence-electron chi connectivity index (χ1n) is 4.05. The minimum atomic E-state index is 0.222. The molecular formula is C10H7BrN2Se. The van der Waals surface area contributed by atoms with Gasteiger partial charge in [0.2, 0.25) is 0 Å². The van der Waals surface area contributed by atoms with Crippen LogP contribution < -0.4 is 0 Å². The van der Waals surface area contributed by atoms with Crippen molar-refractivity contribution in [1.82, 2.24) is 9.19 Å². The number of rotatable bonds is 2. The molecule has 0 radical (unpaired) electrons. The molecule has 0 aliphatic heterocycles. The van der Waals surface area contributed by atoms with Crippen molar-refractivity contribution in [3.63, 3.8) is 0 Å². The third-order valence-electron chi connectivity index (χ3n) is 1.69. The molecule has 0 unspecified atom stereocenters. The summed E-state index contributed by atoms with van der Waals surface area (Å²) in [5, 5.41) is 3.99. The Morgan fingerprint density at radius 2 is 1.93 bits per heavy atom.